The van der Waals surface area contributed by atoms with E-state index in [-0.39, 0.29) is 0 Å². The summed E-state index contributed by atoms with van der Waals surface area (Å²) in [5.41, 5.74) is 3.44. The lowest BCUT2D eigenvalue weighted by atomic mass is 10.2. The van der Waals surface area contributed by atoms with Crippen LogP contribution in [-0.4, -0.2) is 47.7 Å². The zero-order chi connectivity index (χ0) is 18.3. The highest BCUT2D eigenvalue weighted by Crippen LogP contribution is 2.26. The lowest BCUT2D eigenvalue weighted by Crippen LogP contribution is -2.46. The molecule has 0 saturated carbocycles. The van der Waals surface area contributed by atoms with E-state index in [2.05, 4.69) is 15.7 Å². The molecule has 0 fully saturated rings. The number of carbonyl (C=O) groups is 2. The maximum Gasteiger partial charge on any atom is 0.429 e. The van der Waals surface area contributed by atoms with Gasteiger partial charge in [-0.1, -0.05) is 0 Å². The first-order valence-electron chi connectivity index (χ1n) is 7.74. The zero-order valence-electron chi connectivity index (χ0n) is 15.0. The molecule has 0 aliphatic carbocycles. The van der Waals surface area contributed by atoms with Crippen molar-refractivity contribution in [3.05, 3.63) is 12.3 Å². The molecule has 2 N–H and O–H groups in total. The Labute approximate surface area is 142 Å². The summed E-state index contributed by atoms with van der Waals surface area (Å²) in [6.07, 6.45) is 1.52. The van der Waals surface area contributed by atoms with Crippen LogP contribution < -0.4 is 15.5 Å². The number of aldehydes is 1. The molecule has 8 heteroatoms. The molecule has 1 atom stereocenters. The molecule has 0 bridgehead atoms. The van der Waals surface area contributed by atoms with Crippen molar-refractivity contribution in [3.63, 3.8) is 0 Å². The number of pyridine rings is 1. The molecule has 1 aromatic heterocycles. The maximum atomic E-state index is 12.4. The van der Waals surface area contributed by atoms with Gasteiger partial charge in [-0.2, -0.15) is 0 Å². The van der Waals surface area contributed by atoms with Crippen molar-refractivity contribution < 1.29 is 19.1 Å². The van der Waals surface area contributed by atoms with Crippen LogP contribution in [0, 0.1) is 0 Å². The number of nitrogens with one attached hydrogen (secondary N) is 2. The predicted octanol–water partition coefficient (Wildman–Crippen LogP) is 2.67. The van der Waals surface area contributed by atoms with Gasteiger partial charge in [-0.3, -0.25) is 5.43 Å². The highest BCUT2D eigenvalue weighted by molar-refractivity contribution is 5.78. The van der Waals surface area contributed by atoms with Gasteiger partial charge in [-0.15, -0.1) is 0 Å². The summed E-state index contributed by atoms with van der Waals surface area (Å²) in [6, 6.07) is 0.974. The summed E-state index contributed by atoms with van der Waals surface area (Å²) < 4.78 is 10.4. The first-order valence-corrected chi connectivity index (χ1v) is 7.74. The van der Waals surface area contributed by atoms with E-state index in [9.17, 15) is 9.59 Å². The molecule has 1 rings (SSSR count). The highest BCUT2D eigenvalue weighted by atomic mass is 16.6. The van der Waals surface area contributed by atoms with Gasteiger partial charge in [0, 0.05) is 12.6 Å². The summed E-state index contributed by atoms with van der Waals surface area (Å²) in [7, 11) is 1.52. The number of methoxy groups -OCH3 is 1. The zero-order valence-corrected chi connectivity index (χ0v) is 15.0. The number of amides is 1. The van der Waals surface area contributed by atoms with Crippen LogP contribution in [0.2, 0.25) is 0 Å². The Hall–Kier alpha value is -2.51. The molecule has 1 aromatic rings. The van der Waals surface area contributed by atoms with Gasteiger partial charge in [0.25, 0.3) is 0 Å². The van der Waals surface area contributed by atoms with Crippen molar-refractivity contribution in [1.82, 2.24) is 9.99 Å². The molecule has 24 heavy (non-hydrogen) atoms. The summed E-state index contributed by atoms with van der Waals surface area (Å²) >= 11 is 0. The second-order valence-electron chi connectivity index (χ2n) is 6.14. The fraction of sp³-hybridized carbons (Fsp3) is 0.562. The van der Waals surface area contributed by atoms with E-state index in [0.29, 0.717) is 30.1 Å². The molecule has 134 valence electrons. The molecular formula is C16H26N4O4. The smallest absolute Gasteiger partial charge is 0.429 e. The second-order valence-corrected chi connectivity index (χ2v) is 6.14. The summed E-state index contributed by atoms with van der Waals surface area (Å²) in [5, 5.41) is 4.28. The van der Waals surface area contributed by atoms with E-state index in [1.165, 1.54) is 13.3 Å². The van der Waals surface area contributed by atoms with Crippen molar-refractivity contribution >= 4 is 23.8 Å². The van der Waals surface area contributed by atoms with Crippen LogP contribution >= 0.6 is 0 Å². The summed E-state index contributed by atoms with van der Waals surface area (Å²) in [5.74, 6) is 0.434. The second kappa shape index (κ2) is 8.37. The van der Waals surface area contributed by atoms with Gasteiger partial charge in [0.2, 0.25) is 5.88 Å². The number of nitrogens with zero attached hydrogens (tertiary/aromatic N) is 2. The molecule has 0 spiro atoms. The Morgan fingerprint density at radius 3 is 2.58 bits per heavy atom. The minimum Gasteiger partial charge on any atom is -0.481 e. The lowest BCUT2D eigenvalue weighted by molar-refractivity contribution is -0.111. The third-order valence-electron chi connectivity index (χ3n) is 2.89. The standard InChI is InChI=1S/C16H26N4O4/c1-7-17-12-8-14(23-6)18-9-13(12)19-20(11(2)10-21)15(22)24-16(3,4)5/h8-11,19H,7H2,1-6H3,(H,17,18). The number of hydrogen-bond acceptors (Lipinski definition) is 7. The number of carbonyl (C=O) groups excluding carboxylic acids is 2. The molecule has 0 aliphatic rings. The number of rotatable bonds is 7. The fourth-order valence-electron chi connectivity index (χ4n) is 1.79. The SMILES string of the molecule is CCNc1cc(OC)ncc1NN(C(=O)OC(C)(C)C)C(C)C=O. The Morgan fingerprint density at radius 2 is 2.08 bits per heavy atom. The number of aromatic nitrogens is 1. The monoisotopic (exact) mass is 338 g/mol. The number of hydrazine groups is 1. The molecule has 1 heterocycles. The molecule has 1 unspecified atom stereocenters. The normalized spacial score (nSPS) is 12.1. The van der Waals surface area contributed by atoms with Crippen LogP contribution in [0.15, 0.2) is 12.3 Å². The quantitative estimate of drug-likeness (QED) is 0.583. The van der Waals surface area contributed by atoms with Crippen molar-refractivity contribution in [2.45, 2.75) is 46.3 Å². The van der Waals surface area contributed by atoms with Gasteiger partial charge in [0.1, 0.15) is 17.9 Å². The first kappa shape index (κ1) is 19.5. The number of ether oxygens (including phenoxy) is 2. The molecule has 0 saturated heterocycles. The Morgan fingerprint density at radius 1 is 1.42 bits per heavy atom. The largest absolute Gasteiger partial charge is 0.481 e. The lowest BCUT2D eigenvalue weighted by Gasteiger charge is -2.30. The van der Waals surface area contributed by atoms with Crippen molar-refractivity contribution in [2.75, 3.05) is 24.4 Å². The average Bonchev–Trinajstić information content (AvgIpc) is 2.51. The molecule has 0 aliphatic heterocycles. The third-order valence-corrected chi connectivity index (χ3v) is 2.89. The highest BCUT2D eigenvalue weighted by Gasteiger charge is 2.27. The van der Waals surface area contributed by atoms with E-state index in [1.807, 2.05) is 6.92 Å². The summed E-state index contributed by atoms with van der Waals surface area (Å²) in [6.45, 7) is 9.47. The Kier molecular flexibility index (Phi) is 6.82. The molecule has 8 nitrogen and oxygen atoms in total. The predicted molar refractivity (Wildman–Crippen MR) is 92.2 cm³/mol. The van der Waals surface area contributed by atoms with Crippen LogP contribution in [0.25, 0.3) is 0 Å². The maximum absolute atomic E-state index is 12.4. The fourth-order valence-corrected chi connectivity index (χ4v) is 1.79. The Bertz CT molecular complexity index is 572. The topological polar surface area (TPSA) is 92.8 Å². The Balaban J connectivity index is 3.10. The minimum absolute atomic E-state index is 0.434. The molecule has 0 radical (unpaired) electrons. The van der Waals surface area contributed by atoms with Crippen LogP contribution in [0.5, 0.6) is 5.88 Å². The van der Waals surface area contributed by atoms with Gasteiger partial charge < -0.3 is 19.6 Å². The first-order chi connectivity index (χ1) is 11.2. The van der Waals surface area contributed by atoms with Crippen molar-refractivity contribution in [1.29, 1.82) is 0 Å². The molecular weight excluding hydrogens is 312 g/mol. The van der Waals surface area contributed by atoms with Gasteiger partial charge in [0.05, 0.1) is 24.7 Å². The average molecular weight is 338 g/mol. The van der Waals surface area contributed by atoms with Crippen LogP contribution in [0.3, 0.4) is 0 Å². The van der Waals surface area contributed by atoms with Crippen molar-refractivity contribution in [2.24, 2.45) is 0 Å². The number of anilines is 2. The van der Waals surface area contributed by atoms with E-state index < -0.39 is 17.7 Å². The minimum atomic E-state index is -0.726. The summed E-state index contributed by atoms with van der Waals surface area (Å²) in [4.78, 5) is 27.7. The van der Waals surface area contributed by atoms with E-state index in [0.717, 1.165) is 5.01 Å². The van der Waals surface area contributed by atoms with Crippen LogP contribution in [0.4, 0.5) is 16.2 Å². The van der Waals surface area contributed by atoms with Crippen molar-refractivity contribution in [3.8, 4) is 5.88 Å². The van der Waals surface area contributed by atoms with Crippen LogP contribution in [-0.2, 0) is 9.53 Å². The van der Waals surface area contributed by atoms with E-state index in [1.54, 1.807) is 33.8 Å². The molecule has 0 aromatic carbocycles. The van der Waals surface area contributed by atoms with Gasteiger partial charge in [0.15, 0.2) is 0 Å². The van der Waals surface area contributed by atoms with E-state index in [4.69, 9.17) is 9.47 Å². The van der Waals surface area contributed by atoms with E-state index >= 15 is 0 Å². The van der Waals surface area contributed by atoms with Gasteiger partial charge in [-0.25, -0.2) is 14.8 Å². The third kappa shape index (κ3) is 5.60. The van der Waals surface area contributed by atoms with Gasteiger partial charge in [-0.05, 0) is 34.6 Å². The molecule has 1 amide bonds. The van der Waals surface area contributed by atoms with Crippen LogP contribution in [0.1, 0.15) is 34.6 Å². The number of hydrogen-bond donors (Lipinski definition) is 2. The van der Waals surface area contributed by atoms with Gasteiger partial charge >= 0.3 is 6.09 Å².